The van der Waals surface area contributed by atoms with Crippen LogP contribution in [0.2, 0.25) is 0 Å². The number of carbonyl (C=O) groups is 3. The zero-order chi connectivity index (χ0) is 18.1. The molecule has 2 aromatic carbocycles. The highest BCUT2D eigenvalue weighted by atomic mass is 79.9. The molecule has 0 saturated carbocycles. The Hall–Kier alpha value is -2.93. The minimum absolute atomic E-state index is 0.0515. The van der Waals surface area contributed by atoms with Gasteiger partial charge >= 0.3 is 0 Å². The standard InChI is InChI=1S/C18H12BrNO5/c19-11-5-6-15(21)10(7-11)8-14-12-3-1-2-4-13(12)17(24)20(18(14)25)9-16(22)23/h1-8,21H,9H2,(H,22,23)/p-1/b14-8-. The summed E-state index contributed by atoms with van der Waals surface area (Å²) >= 11 is 3.29. The molecular weight excluding hydrogens is 390 g/mol. The molecule has 2 aromatic rings. The van der Waals surface area contributed by atoms with Crippen LogP contribution in [-0.2, 0) is 9.59 Å². The zero-order valence-electron chi connectivity index (χ0n) is 12.7. The van der Waals surface area contributed by atoms with Crippen molar-refractivity contribution < 1.29 is 24.6 Å². The smallest absolute Gasteiger partial charge is 0.261 e. The number of imide groups is 1. The van der Waals surface area contributed by atoms with Crippen LogP contribution in [0.25, 0.3) is 11.6 Å². The monoisotopic (exact) mass is 400 g/mol. The van der Waals surface area contributed by atoms with Crippen molar-refractivity contribution in [3.05, 3.63) is 63.6 Å². The Morgan fingerprint density at radius 2 is 1.80 bits per heavy atom. The lowest BCUT2D eigenvalue weighted by molar-refractivity contribution is -0.305. The molecule has 0 atom stereocenters. The van der Waals surface area contributed by atoms with Gasteiger partial charge in [-0.2, -0.15) is 0 Å². The van der Waals surface area contributed by atoms with Gasteiger partial charge in [-0.25, -0.2) is 0 Å². The Kier molecular flexibility index (Phi) is 4.41. The van der Waals surface area contributed by atoms with E-state index in [4.69, 9.17) is 0 Å². The number of phenols is 1. The lowest BCUT2D eigenvalue weighted by Crippen LogP contribution is -2.47. The quantitative estimate of drug-likeness (QED) is 0.620. The lowest BCUT2D eigenvalue weighted by atomic mass is 9.92. The molecule has 0 spiro atoms. The van der Waals surface area contributed by atoms with E-state index in [1.807, 2.05) is 0 Å². The fraction of sp³-hybridized carbons (Fsp3) is 0.0556. The SMILES string of the molecule is O=C([O-])CN1C(=O)/C(=C\c2cc(Br)ccc2O)c2ccccc2C1=O. The van der Waals surface area contributed by atoms with Crippen LogP contribution in [0.15, 0.2) is 46.9 Å². The van der Waals surface area contributed by atoms with Crippen LogP contribution in [-0.4, -0.2) is 34.3 Å². The van der Waals surface area contributed by atoms with Crippen molar-refractivity contribution >= 4 is 45.4 Å². The van der Waals surface area contributed by atoms with E-state index >= 15 is 0 Å². The maximum atomic E-state index is 12.7. The van der Waals surface area contributed by atoms with E-state index in [1.54, 1.807) is 30.3 Å². The van der Waals surface area contributed by atoms with Crippen molar-refractivity contribution in [3.8, 4) is 5.75 Å². The number of nitrogens with zero attached hydrogens (tertiary/aromatic N) is 1. The molecule has 7 heteroatoms. The molecule has 0 unspecified atom stereocenters. The summed E-state index contributed by atoms with van der Waals surface area (Å²) in [5.41, 5.74) is 1.07. The third-order valence-electron chi connectivity index (χ3n) is 3.74. The number of carboxylic acid groups (broad SMARTS) is 1. The molecule has 1 N–H and O–H groups in total. The number of benzene rings is 2. The van der Waals surface area contributed by atoms with Crippen LogP contribution in [0, 0.1) is 0 Å². The van der Waals surface area contributed by atoms with Crippen LogP contribution < -0.4 is 5.11 Å². The largest absolute Gasteiger partial charge is 0.548 e. The molecule has 3 rings (SSSR count). The van der Waals surface area contributed by atoms with Gasteiger partial charge in [0.25, 0.3) is 11.8 Å². The second-order valence-corrected chi connectivity index (χ2v) is 6.29. The van der Waals surface area contributed by atoms with Crippen molar-refractivity contribution in [2.75, 3.05) is 6.54 Å². The minimum Gasteiger partial charge on any atom is -0.548 e. The molecule has 0 fully saturated rings. The van der Waals surface area contributed by atoms with Crippen molar-refractivity contribution in [1.29, 1.82) is 0 Å². The lowest BCUT2D eigenvalue weighted by Gasteiger charge is -2.28. The topological polar surface area (TPSA) is 97.7 Å². The van der Waals surface area contributed by atoms with Gasteiger partial charge in [0.2, 0.25) is 0 Å². The molecule has 0 aliphatic carbocycles. The molecule has 25 heavy (non-hydrogen) atoms. The van der Waals surface area contributed by atoms with E-state index in [9.17, 15) is 24.6 Å². The summed E-state index contributed by atoms with van der Waals surface area (Å²) in [6.07, 6.45) is 1.43. The Bertz CT molecular complexity index is 935. The van der Waals surface area contributed by atoms with Crippen molar-refractivity contribution in [1.82, 2.24) is 4.90 Å². The van der Waals surface area contributed by atoms with Gasteiger partial charge in [-0.15, -0.1) is 0 Å². The minimum atomic E-state index is -1.54. The van der Waals surface area contributed by atoms with Crippen molar-refractivity contribution in [2.24, 2.45) is 0 Å². The van der Waals surface area contributed by atoms with E-state index in [-0.39, 0.29) is 16.9 Å². The predicted molar refractivity (Wildman–Crippen MR) is 91.2 cm³/mol. The van der Waals surface area contributed by atoms with Crippen molar-refractivity contribution in [3.63, 3.8) is 0 Å². The number of carbonyl (C=O) groups excluding carboxylic acids is 3. The summed E-state index contributed by atoms with van der Waals surface area (Å²) in [5.74, 6) is -3.04. The summed E-state index contributed by atoms with van der Waals surface area (Å²) in [6.45, 7) is -0.839. The third-order valence-corrected chi connectivity index (χ3v) is 4.24. The highest BCUT2D eigenvalue weighted by molar-refractivity contribution is 9.10. The number of amides is 2. The number of rotatable bonds is 3. The average molecular weight is 401 g/mol. The highest BCUT2D eigenvalue weighted by Gasteiger charge is 2.34. The molecule has 0 saturated heterocycles. The molecule has 2 amide bonds. The Morgan fingerprint density at radius 3 is 2.48 bits per heavy atom. The van der Waals surface area contributed by atoms with E-state index in [0.717, 1.165) is 0 Å². The van der Waals surface area contributed by atoms with Crippen molar-refractivity contribution in [2.45, 2.75) is 0 Å². The maximum absolute atomic E-state index is 12.7. The number of aliphatic carboxylic acids is 1. The molecule has 6 nitrogen and oxygen atoms in total. The Balaban J connectivity index is 2.20. The normalized spacial score (nSPS) is 15.4. The number of hydrogen-bond acceptors (Lipinski definition) is 5. The van der Waals surface area contributed by atoms with Crippen LogP contribution in [0.5, 0.6) is 5.75 Å². The first-order chi connectivity index (χ1) is 11.9. The van der Waals surface area contributed by atoms with Gasteiger partial charge in [0.05, 0.1) is 12.5 Å². The molecule has 1 aliphatic heterocycles. The molecule has 1 aliphatic rings. The van der Waals surface area contributed by atoms with E-state index in [2.05, 4.69) is 15.9 Å². The average Bonchev–Trinajstić information content (AvgIpc) is 2.58. The fourth-order valence-corrected chi connectivity index (χ4v) is 2.99. The van der Waals surface area contributed by atoms with Crippen LogP contribution in [0.3, 0.4) is 0 Å². The van der Waals surface area contributed by atoms with Gasteiger partial charge in [-0.05, 0) is 35.9 Å². The maximum Gasteiger partial charge on any atom is 0.261 e. The number of halogens is 1. The number of carboxylic acids is 1. The Labute approximate surface area is 151 Å². The van der Waals surface area contributed by atoms with Gasteiger partial charge in [0.1, 0.15) is 5.75 Å². The predicted octanol–water partition coefficient (Wildman–Crippen LogP) is 1.43. The molecule has 1 heterocycles. The molecule has 0 aromatic heterocycles. The number of phenolic OH excluding ortho intramolecular Hbond substituents is 1. The second kappa shape index (κ2) is 6.52. The summed E-state index contributed by atoms with van der Waals surface area (Å²) in [5, 5.41) is 20.9. The first-order valence-corrected chi connectivity index (χ1v) is 8.03. The first kappa shape index (κ1) is 16.9. The molecule has 0 radical (unpaired) electrons. The summed E-state index contributed by atoms with van der Waals surface area (Å²) in [7, 11) is 0. The second-order valence-electron chi connectivity index (χ2n) is 5.38. The number of aromatic hydroxyl groups is 1. The van der Waals surface area contributed by atoms with Crippen LogP contribution in [0.4, 0.5) is 0 Å². The zero-order valence-corrected chi connectivity index (χ0v) is 14.3. The van der Waals surface area contributed by atoms with Gasteiger partial charge in [0.15, 0.2) is 0 Å². The first-order valence-electron chi connectivity index (χ1n) is 7.24. The van der Waals surface area contributed by atoms with E-state index in [1.165, 1.54) is 18.2 Å². The van der Waals surface area contributed by atoms with Gasteiger partial charge in [-0.3, -0.25) is 14.5 Å². The number of fused-ring (bicyclic) bond motifs is 1. The summed E-state index contributed by atoms with van der Waals surface area (Å²) in [4.78, 5) is 36.6. The van der Waals surface area contributed by atoms with E-state index in [0.29, 0.717) is 20.5 Å². The molecule has 0 bridgehead atoms. The highest BCUT2D eigenvalue weighted by Crippen LogP contribution is 2.32. The van der Waals surface area contributed by atoms with Crippen LogP contribution >= 0.6 is 15.9 Å². The summed E-state index contributed by atoms with van der Waals surface area (Å²) < 4.78 is 0.691. The summed E-state index contributed by atoms with van der Waals surface area (Å²) in [6, 6.07) is 11.1. The number of hydrogen-bond donors (Lipinski definition) is 1. The Morgan fingerprint density at radius 1 is 1.12 bits per heavy atom. The van der Waals surface area contributed by atoms with Gasteiger partial charge in [0, 0.05) is 21.2 Å². The van der Waals surface area contributed by atoms with Gasteiger partial charge < -0.3 is 15.0 Å². The van der Waals surface area contributed by atoms with E-state index < -0.39 is 24.3 Å². The van der Waals surface area contributed by atoms with Gasteiger partial charge in [-0.1, -0.05) is 34.1 Å². The molecular formula is C18H11BrNO5-. The van der Waals surface area contributed by atoms with Crippen LogP contribution in [0.1, 0.15) is 21.5 Å². The molecule has 126 valence electrons. The fourth-order valence-electron chi connectivity index (χ4n) is 2.61. The third kappa shape index (κ3) is 3.18.